The molecule has 2 rings (SSSR count). The molecule has 0 amide bonds. The lowest BCUT2D eigenvalue weighted by atomic mass is 9.98. The lowest BCUT2D eigenvalue weighted by Crippen LogP contribution is -2.22. The summed E-state index contributed by atoms with van der Waals surface area (Å²) in [4.78, 5) is 1.39. The first kappa shape index (κ1) is 12.3. The van der Waals surface area contributed by atoms with E-state index >= 15 is 0 Å². The molecule has 1 aromatic carbocycles. The average molecular weight is 245 g/mol. The fourth-order valence-corrected chi connectivity index (χ4v) is 2.91. The van der Waals surface area contributed by atoms with Crippen molar-refractivity contribution in [2.75, 3.05) is 6.54 Å². The van der Waals surface area contributed by atoms with Gasteiger partial charge in [0, 0.05) is 4.88 Å². The van der Waals surface area contributed by atoms with E-state index in [4.69, 9.17) is 0 Å². The normalized spacial score (nSPS) is 12.6. The van der Waals surface area contributed by atoms with Gasteiger partial charge in [-0.25, -0.2) is 0 Å². The third-order valence-electron chi connectivity index (χ3n) is 2.98. The minimum absolute atomic E-state index is 0.333. The summed E-state index contributed by atoms with van der Waals surface area (Å²) in [5.41, 5.74) is 4.08. The Kier molecular flexibility index (Phi) is 3.97. The predicted octanol–water partition coefficient (Wildman–Crippen LogP) is 4.06. The Balaban J connectivity index is 2.42. The summed E-state index contributed by atoms with van der Waals surface area (Å²) < 4.78 is 0. The van der Waals surface area contributed by atoms with Crippen molar-refractivity contribution in [3.8, 4) is 0 Å². The third-order valence-corrected chi connectivity index (χ3v) is 3.92. The Hall–Kier alpha value is -1.12. The van der Waals surface area contributed by atoms with E-state index in [-0.39, 0.29) is 0 Å². The maximum atomic E-state index is 3.58. The Morgan fingerprint density at radius 3 is 2.71 bits per heavy atom. The van der Waals surface area contributed by atoms with Crippen LogP contribution in [0, 0.1) is 13.8 Å². The van der Waals surface area contributed by atoms with E-state index in [2.05, 4.69) is 61.8 Å². The van der Waals surface area contributed by atoms with Crippen molar-refractivity contribution < 1.29 is 0 Å². The number of rotatable bonds is 4. The van der Waals surface area contributed by atoms with E-state index in [1.807, 2.05) is 11.3 Å². The molecular weight excluding hydrogens is 226 g/mol. The van der Waals surface area contributed by atoms with Crippen LogP contribution in [0.5, 0.6) is 0 Å². The van der Waals surface area contributed by atoms with Crippen LogP contribution in [0.1, 0.15) is 34.5 Å². The maximum Gasteiger partial charge on any atom is 0.0673 e. The summed E-state index contributed by atoms with van der Waals surface area (Å²) in [5, 5.41) is 5.72. The van der Waals surface area contributed by atoms with Gasteiger partial charge < -0.3 is 5.32 Å². The molecule has 0 spiro atoms. The van der Waals surface area contributed by atoms with Crippen molar-refractivity contribution in [1.82, 2.24) is 5.32 Å². The molecule has 90 valence electrons. The zero-order valence-electron chi connectivity index (χ0n) is 10.7. The first-order valence-electron chi connectivity index (χ1n) is 6.06. The van der Waals surface area contributed by atoms with Gasteiger partial charge >= 0.3 is 0 Å². The Morgan fingerprint density at radius 1 is 1.24 bits per heavy atom. The van der Waals surface area contributed by atoms with Crippen LogP contribution >= 0.6 is 11.3 Å². The van der Waals surface area contributed by atoms with E-state index in [9.17, 15) is 0 Å². The molecule has 2 heteroatoms. The number of benzene rings is 1. The molecule has 1 nitrogen and oxygen atoms in total. The van der Waals surface area contributed by atoms with Gasteiger partial charge in [0.15, 0.2) is 0 Å². The van der Waals surface area contributed by atoms with E-state index in [1.54, 1.807) is 0 Å². The molecule has 1 atom stereocenters. The summed E-state index contributed by atoms with van der Waals surface area (Å²) in [6, 6.07) is 11.3. The maximum absolute atomic E-state index is 3.58. The smallest absolute Gasteiger partial charge is 0.0673 e. The van der Waals surface area contributed by atoms with Crippen molar-refractivity contribution in [2.24, 2.45) is 0 Å². The molecule has 0 aliphatic heterocycles. The van der Waals surface area contributed by atoms with Crippen LogP contribution in [-0.4, -0.2) is 6.54 Å². The van der Waals surface area contributed by atoms with Crippen LogP contribution in [0.15, 0.2) is 35.7 Å². The van der Waals surface area contributed by atoms with Crippen molar-refractivity contribution in [1.29, 1.82) is 0 Å². The lowest BCUT2D eigenvalue weighted by Gasteiger charge is -2.19. The highest BCUT2D eigenvalue weighted by molar-refractivity contribution is 7.10. The summed E-state index contributed by atoms with van der Waals surface area (Å²) in [7, 11) is 0. The summed E-state index contributed by atoms with van der Waals surface area (Å²) >= 11 is 1.82. The fraction of sp³-hybridized carbons (Fsp3) is 0.333. The number of hydrogen-bond donors (Lipinski definition) is 1. The second-order valence-corrected chi connectivity index (χ2v) is 5.35. The van der Waals surface area contributed by atoms with Gasteiger partial charge in [0.1, 0.15) is 0 Å². The molecule has 0 aliphatic carbocycles. The molecule has 1 aromatic heterocycles. The van der Waals surface area contributed by atoms with Gasteiger partial charge in [-0.15, -0.1) is 11.3 Å². The topological polar surface area (TPSA) is 12.0 Å². The molecule has 1 unspecified atom stereocenters. The van der Waals surface area contributed by atoms with Crippen molar-refractivity contribution in [2.45, 2.75) is 26.8 Å². The first-order valence-corrected chi connectivity index (χ1v) is 6.94. The van der Waals surface area contributed by atoms with E-state index in [1.165, 1.54) is 21.6 Å². The third kappa shape index (κ3) is 2.76. The molecule has 0 bridgehead atoms. The summed E-state index contributed by atoms with van der Waals surface area (Å²) in [5.74, 6) is 0. The highest BCUT2D eigenvalue weighted by Gasteiger charge is 2.15. The van der Waals surface area contributed by atoms with Gasteiger partial charge in [-0.05, 0) is 43.0 Å². The molecule has 2 aromatic rings. The second kappa shape index (κ2) is 5.48. The minimum atomic E-state index is 0.333. The Morgan fingerprint density at radius 2 is 2.06 bits per heavy atom. The molecule has 17 heavy (non-hydrogen) atoms. The van der Waals surface area contributed by atoms with Crippen LogP contribution < -0.4 is 5.32 Å². The largest absolute Gasteiger partial charge is 0.306 e. The van der Waals surface area contributed by atoms with E-state index < -0.39 is 0 Å². The number of nitrogens with one attached hydrogen (secondary N) is 1. The van der Waals surface area contributed by atoms with Crippen LogP contribution in [0.3, 0.4) is 0 Å². The van der Waals surface area contributed by atoms with Gasteiger partial charge in [-0.2, -0.15) is 0 Å². The molecular formula is C15H19NS. The molecule has 1 heterocycles. The first-order chi connectivity index (χ1) is 8.22. The van der Waals surface area contributed by atoms with Gasteiger partial charge in [-0.1, -0.05) is 36.8 Å². The number of thiophene rings is 1. The Labute approximate surface area is 108 Å². The van der Waals surface area contributed by atoms with E-state index in [0.717, 1.165) is 6.54 Å². The summed E-state index contributed by atoms with van der Waals surface area (Å²) in [6.07, 6.45) is 0. The average Bonchev–Trinajstić information content (AvgIpc) is 2.83. The van der Waals surface area contributed by atoms with Gasteiger partial charge in [0.2, 0.25) is 0 Å². The molecule has 1 N–H and O–H groups in total. The van der Waals surface area contributed by atoms with Crippen LogP contribution in [-0.2, 0) is 0 Å². The van der Waals surface area contributed by atoms with Gasteiger partial charge in [-0.3, -0.25) is 0 Å². The number of hydrogen-bond acceptors (Lipinski definition) is 2. The van der Waals surface area contributed by atoms with Crippen LogP contribution in [0.25, 0.3) is 0 Å². The second-order valence-electron chi connectivity index (χ2n) is 4.37. The zero-order valence-corrected chi connectivity index (χ0v) is 11.5. The monoisotopic (exact) mass is 245 g/mol. The molecule has 0 radical (unpaired) electrons. The molecule has 0 aliphatic rings. The minimum Gasteiger partial charge on any atom is -0.306 e. The molecule has 0 saturated carbocycles. The van der Waals surface area contributed by atoms with E-state index in [0.29, 0.717) is 6.04 Å². The standard InChI is InChI=1S/C15H19NS/c1-4-16-15(14-6-5-9-17-14)13-10-11(2)7-8-12(13)3/h5-10,15-16H,4H2,1-3H3. The quantitative estimate of drug-likeness (QED) is 0.856. The number of aryl methyl sites for hydroxylation is 2. The summed E-state index contributed by atoms with van der Waals surface area (Å²) in [6.45, 7) is 7.48. The molecule has 0 fully saturated rings. The van der Waals surface area contributed by atoms with Gasteiger partial charge in [0.05, 0.1) is 6.04 Å². The van der Waals surface area contributed by atoms with Crippen molar-refractivity contribution >= 4 is 11.3 Å². The zero-order chi connectivity index (χ0) is 12.3. The highest BCUT2D eigenvalue weighted by Crippen LogP contribution is 2.28. The predicted molar refractivity (Wildman–Crippen MR) is 75.8 cm³/mol. The van der Waals surface area contributed by atoms with Crippen molar-refractivity contribution in [3.05, 3.63) is 57.3 Å². The highest BCUT2D eigenvalue weighted by atomic mass is 32.1. The fourth-order valence-electron chi connectivity index (χ4n) is 2.09. The van der Waals surface area contributed by atoms with Crippen molar-refractivity contribution in [3.63, 3.8) is 0 Å². The van der Waals surface area contributed by atoms with Crippen LogP contribution in [0.2, 0.25) is 0 Å². The van der Waals surface area contributed by atoms with Gasteiger partial charge in [0.25, 0.3) is 0 Å². The molecule has 0 saturated heterocycles. The SMILES string of the molecule is CCNC(c1cccs1)c1cc(C)ccc1C. The Bertz CT molecular complexity index is 474. The van der Waals surface area contributed by atoms with Crippen LogP contribution in [0.4, 0.5) is 0 Å². The lowest BCUT2D eigenvalue weighted by molar-refractivity contribution is 0.636.